The Labute approximate surface area is 255 Å². The molecule has 2 aromatic rings. The molecule has 1 spiro atoms. The molecule has 5 rings (SSSR count). The summed E-state index contributed by atoms with van der Waals surface area (Å²) in [6, 6.07) is 9.35. The molecule has 43 heavy (non-hydrogen) atoms. The molecule has 0 N–H and O–H groups in total. The molecule has 0 radical (unpaired) electrons. The molecule has 3 heterocycles. The van der Waals surface area contributed by atoms with Crippen molar-refractivity contribution in [2.24, 2.45) is 5.41 Å². The Bertz CT molecular complexity index is 1320. The van der Waals surface area contributed by atoms with Crippen molar-refractivity contribution in [2.75, 3.05) is 20.1 Å². The topological polar surface area (TPSA) is 110 Å². The van der Waals surface area contributed by atoms with Crippen LogP contribution in [0.4, 0.5) is 9.59 Å². The van der Waals surface area contributed by atoms with Crippen molar-refractivity contribution in [1.29, 1.82) is 0 Å². The number of likely N-dealkylation sites (N-methyl/N-ethyl adjacent to an activating group) is 1. The van der Waals surface area contributed by atoms with Gasteiger partial charge in [0.1, 0.15) is 24.4 Å². The predicted molar refractivity (Wildman–Crippen MR) is 162 cm³/mol. The molecule has 12 heteroatoms. The number of hydroxylamine groups is 2. The third-order valence-electron chi connectivity index (χ3n) is 9.28. The van der Waals surface area contributed by atoms with Crippen LogP contribution in [0.3, 0.4) is 0 Å². The van der Waals surface area contributed by atoms with E-state index in [2.05, 4.69) is 44.1 Å². The number of carbonyl (C=O) groups excluding carboxylic acids is 2. The van der Waals surface area contributed by atoms with E-state index in [0.29, 0.717) is 24.9 Å². The molecule has 0 unspecified atom stereocenters. The zero-order valence-corrected chi connectivity index (χ0v) is 28.0. The van der Waals surface area contributed by atoms with E-state index >= 15 is 0 Å². The van der Waals surface area contributed by atoms with Crippen molar-refractivity contribution in [1.82, 2.24) is 25.1 Å². The number of aromatic nitrogens is 2. The molecule has 1 aliphatic carbocycles. The number of hydrogen-bond donors (Lipinski definition) is 0. The first-order valence-electron chi connectivity index (χ1n) is 15.2. The fourth-order valence-corrected chi connectivity index (χ4v) is 6.83. The first-order valence-corrected chi connectivity index (χ1v) is 18.1. The summed E-state index contributed by atoms with van der Waals surface area (Å²) >= 11 is 0. The summed E-state index contributed by atoms with van der Waals surface area (Å²) in [5.41, 5.74) is 0.364. The third-order valence-corrected chi connectivity index (χ3v) is 13.8. The van der Waals surface area contributed by atoms with Crippen molar-refractivity contribution in [2.45, 2.75) is 109 Å². The number of piperidine rings is 1. The number of rotatable bonds is 9. The van der Waals surface area contributed by atoms with E-state index in [9.17, 15) is 9.59 Å². The fraction of sp³-hybridized carbons (Fsp3) is 0.677. The molecular weight excluding hydrogens is 566 g/mol. The van der Waals surface area contributed by atoms with E-state index in [0.717, 1.165) is 24.8 Å². The quantitative estimate of drug-likeness (QED) is 0.296. The van der Waals surface area contributed by atoms with Gasteiger partial charge in [-0.15, -0.1) is 10.2 Å². The summed E-state index contributed by atoms with van der Waals surface area (Å²) in [7, 11) is -0.629. The molecular formula is C31H47N5O6Si. The van der Waals surface area contributed by atoms with Crippen LogP contribution in [0.25, 0.3) is 0 Å². The Morgan fingerprint density at radius 1 is 1.14 bits per heavy atom. The monoisotopic (exact) mass is 613 g/mol. The Kier molecular flexibility index (Phi) is 8.19. The number of ether oxygens (including phenoxy) is 1. The van der Waals surface area contributed by atoms with Gasteiger partial charge in [0.05, 0.1) is 12.6 Å². The number of hydrogen-bond acceptors (Lipinski definition) is 8. The highest BCUT2D eigenvalue weighted by molar-refractivity contribution is 6.74. The maximum absolute atomic E-state index is 13.6. The molecule has 3 amide bonds. The van der Waals surface area contributed by atoms with Crippen LogP contribution in [-0.2, 0) is 20.6 Å². The lowest BCUT2D eigenvalue weighted by molar-refractivity contribution is -0.153. The second kappa shape index (κ2) is 11.2. The summed E-state index contributed by atoms with van der Waals surface area (Å²) in [4.78, 5) is 35.9. The molecule has 2 bridgehead atoms. The molecule has 3 fully saturated rings. The van der Waals surface area contributed by atoms with Crippen LogP contribution in [-0.4, -0.2) is 77.3 Å². The maximum Gasteiger partial charge on any atom is 0.410 e. The van der Waals surface area contributed by atoms with Crippen LogP contribution in [0.5, 0.6) is 0 Å². The van der Waals surface area contributed by atoms with E-state index in [1.165, 1.54) is 4.90 Å². The van der Waals surface area contributed by atoms with Gasteiger partial charge >= 0.3 is 12.1 Å². The number of benzene rings is 1. The molecule has 1 aromatic carbocycles. The highest BCUT2D eigenvalue weighted by Crippen LogP contribution is 2.61. The van der Waals surface area contributed by atoms with Crippen molar-refractivity contribution in [3.05, 3.63) is 47.7 Å². The van der Waals surface area contributed by atoms with Crippen LogP contribution in [0.2, 0.25) is 18.1 Å². The number of fused-ring (bicyclic) bond motifs is 3. The van der Waals surface area contributed by atoms with Crippen LogP contribution in [0.1, 0.15) is 90.3 Å². The van der Waals surface area contributed by atoms with Gasteiger partial charge in [-0.3, -0.25) is 4.84 Å². The Hall–Kier alpha value is -2.96. The third kappa shape index (κ3) is 6.61. The SMILES string of the molecule is CN(C[C@H](O[Si](C)(C)C(C)(C)C)c1nnc([C@@H]2CC3(CC3)[C@H]3CN2C(=O)N3OCc2ccccc2)o1)C(=O)OC(C)(C)C. The van der Waals surface area contributed by atoms with Crippen LogP contribution >= 0.6 is 0 Å². The molecule has 1 saturated carbocycles. The molecule has 2 aliphatic heterocycles. The van der Waals surface area contributed by atoms with Crippen molar-refractivity contribution in [3.8, 4) is 0 Å². The number of carbonyl (C=O) groups is 2. The molecule has 3 atom stereocenters. The minimum absolute atomic E-state index is 0.000464. The van der Waals surface area contributed by atoms with E-state index in [-0.39, 0.29) is 35.1 Å². The minimum Gasteiger partial charge on any atom is -0.444 e. The van der Waals surface area contributed by atoms with Gasteiger partial charge in [-0.05, 0) is 69.1 Å². The number of nitrogens with zero attached hydrogens (tertiary/aromatic N) is 5. The fourth-order valence-electron chi connectivity index (χ4n) is 5.59. The first-order chi connectivity index (χ1) is 20.0. The second-order valence-corrected chi connectivity index (χ2v) is 19.6. The van der Waals surface area contributed by atoms with Gasteiger partial charge in [0.25, 0.3) is 0 Å². The summed E-state index contributed by atoms with van der Waals surface area (Å²) in [5, 5.41) is 10.4. The van der Waals surface area contributed by atoms with E-state index < -0.39 is 26.1 Å². The first kappa shape index (κ1) is 31.5. The average molecular weight is 614 g/mol. The summed E-state index contributed by atoms with van der Waals surface area (Å²) < 4.78 is 18.7. The maximum atomic E-state index is 13.6. The Balaban J connectivity index is 1.36. The lowest BCUT2D eigenvalue weighted by atomic mass is 9.85. The second-order valence-electron chi connectivity index (χ2n) is 14.8. The summed E-state index contributed by atoms with van der Waals surface area (Å²) in [6.45, 7) is 17.3. The zero-order valence-electron chi connectivity index (χ0n) is 27.0. The van der Waals surface area contributed by atoms with Crippen LogP contribution in [0, 0.1) is 5.41 Å². The van der Waals surface area contributed by atoms with Gasteiger partial charge in [0, 0.05) is 13.6 Å². The van der Waals surface area contributed by atoms with Gasteiger partial charge < -0.3 is 23.4 Å². The molecule has 236 valence electrons. The normalized spacial score (nSPS) is 22.2. The number of urea groups is 1. The van der Waals surface area contributed by atoms with E-state index in [1.54, 1.807) is 17.0 Å². The van der Waals surface area contributed by atoms with Gasteiger partial charge in [-0.2, -0.15) is 5.06 Å². The van der Waals surface area contributed by atoms with Crippen molar-refractivity contribution >= 4 is 20.4 Å². The van der Waals surface area contributed by atoms with Gasteiger partial charge in [-0.1, -0.05) is 51.1 Å². The van der Waals surface area contributed by atoms with Gasteiger partial charge in [0.15, 0.2) is 8.32 Å². The highest BCUT2D eigenvalue weighted by atomic mass is 28.4. The van der Waals surface area contributed by atoms with E-state index in [4.69, 9.17) is 18.4 Å². The van der Waals surface area contributed by atoms with Crippen molar-refractivity contribution in [3.63, 3.8) is 0 Å². The Morgan fingerprint density at radius 2 is 1.81 bits per heavy atom. The zero-order chi connectivity index (χ0) is 31.4. The standard InChI is InChI=1S/C31H47N5O6Si/c1-29(2,3)41-28(38)34(7)18-23(42-43(8,9)30(4,5)6)26-33-32-25(40-26)22-17-31(15-16-31)24-19-35(22)27(37)36(24)39-20-21-13-11-10-12-14-21/h10-14,22-24H,15-20H2,1-9H3/t22-,23-,24+/m0/s1. The summed E-state index contributed by atoms with van der Waals surface area (Å²) in [6.07, 6.45) is 1.69. The van der Waals surface area contributed by atoms with Gasteiger partial charge in [-0.25, -0.2) is 9.59 Å². The van der Waals surface area contributed by atoms with Crippen molar-refractivity contribution < 1.29 is 28.0 Å². The molecule has 11 nitrogen and oxygen atoms in total. The van der Waals surface area contributed by atoms with Gasteiger partial charge in [0.2, 0.25) is 11.8 Å². The minimum atomic E-state index is -2.31. The lowest BCUT2D eigenvalue weighted by Gasteiger charge is -2.39. The average Bonchev–Trinajstić information content (AvgIpc) is 3.38. The largest absolute Gasteiger partial charge is 0.444 e. The predicted octanol–water partition coefficient (Wildman–Crippen LogP) is 6.46. The number of amides is 3. The summed E-state index contributed by atoms with van der Waals surface area (Å²) in [5.74, 6) is 0.688. The molecule has 3 aliphatic rings. The smallest absolute Gasteiger partial charge is 0.410 e. The van der Waals surface area contributed by atoms with E-state index in [1.807, 2.05) is 51.1 Å². The Morgan fingerprint density at radius 3 is 2.42 bits per heavy atom. The highest BCUT2D eigenvalue weighted by Gasteiger charge is 2.64. The van der Waals surface area contributed by atoms with Crippen LogP contribution < -0.4 is 0 Å². The molecule has 2 saturated heterocycles. The molecule has 1 aromatic heterocycles. The lowest BCUT2D eigenvalue weighted by Crippen LogP contribution is -2.45. The van der Waals surface area contributed by atoms with Crippen LogP contribution in [0.15, 0.2) is 34.7 Å².